The van der Waals surface area contributed by atoms with Crippen molar-refractivity contribution < 1.29 is 9.59 Å². The Labute approximate surface area is 191 Å². The van der Waals surface area contributed by atoms with Gasteiger partial charge in [0, 0.05) is 46.0 Å². The molecule has 1 aliphatic rings. The van der Waals surface area contributed by atoms with E-state index in [9.17, 15) is 9.59 Å². The molecule has 4 aromatic rings. The number of nitrogens with one attached hydrogen (secondary N) is 1. The summed E-state index contributed by atoms with van der Waals surface area (Å²) in [4.78, 5) is 27.9. The molecule has 0 saturated carbocycles. The molecule has 0 unspecified atom stereocenters. The number of carbonyl (C=O) groups excluding carboxylic acids is 2. The fraction of sp³-hybridized carbons (Fsp3) is 0.154. The van der Waals surface area contributed by atoms with E-state index in [0.29, 0.717) is 16.3 Å². The number of fused-ring (bicyclic) bond motifs is 2. The Bertz CT molecular complexity index is 1370. The Morgan fingerprint density at radius 2 is 1.78 bits per heavy atom. The molecule has 1 aromatic heterocycles. The van der Waals surface area contributed by atoms with Gasteiger partial charge in [0.2, 0.25) is 5.91 Å². The van der Waals surface area contributed by atoms with Crippen LogP contribution in [0.4, 0.5) is 5.69 Å². The van der Waals surface area contributed by atoms with Crippen molar-refractivity contribution in [1.29, 1.82) is 0 Å². The summed E-state index contributed by atoms with van der Waals surface area (Å²) in [5, 5.41) is 4.53. The number of hydrogen-bond donors (Lipinski definition) is 1. The Hall–Kier alpha value is -3.57. The number of amides is 2. The minimum Gasteiger partial charge on any atom is -0.350 e. The lowest BCUT2D eigenvalue weighted by Crippen LogP contribution is -2.36. The van der Waals surface area contributed by atoms with Gasteiger partial charge < -0.3 is 14.8 Å². The van der Waals surface area contributed by atoms with Crippen LogP contribution in [0.15, 0.2) is 72.9 Å². The summed E-state index contributed by atoms with van der Waals surface area (Å²) in [6.07, 6.45) is 2.05. The van der Waals surface area contributed by atoms with E-state index in [1.165, 1.54) is 0 Å². The predicted octanol–water partition coefficient (Wildman–Crippen LogP) is 5.32. The van der Waals surface area contributed by atoms with Gasteiger partial charge in [0.25, 0.3) is 5.91 Å². The number of aryl methyl sites for hydroxylation is 2. The molecular weight excluding hydrogens is 422 g/mol. The third kappa shape index (κ3) is 3.35. The molecule has 5 rings (SSSR count). The lowest BCUT2D eigenvalue weighted by Gasteiger charge is -2.25. The third-order valence-electron chi connectivity index (χ3n) is 6.05. The standard InChI is InChI=1S/C26H22ClN3O2/c1-16-11-12-17(13-22(16)27)28-24(31)15-30-25(19-8-3-4-9-20(19)26(30)32)21-14-29(2)23-10-6-5-7-18(21)23/h3-14,25H,15H2,1-2H3,(H,28,31)/t25-/m1/s1. The molecule has 1 atom stereocenters. The normalized spacial score (nSPS) is 15.3. The molecule has 2 amide bonds. The van der Waals surface area contributed by atoms with Gasteiger partial charge in [-0.15, -0.1) is 0 Å². The number of para-hydroxylation sites is 1. The Morgan fingerprint density at radius 3 is 2.59 bits per heavy atom. The SMILES string of the molecule is Cc1ccc(NC(=O)CN2C(=O)c3ccccc3[C@@H]2c2cn(C)c3ccccc23)cc1Cl. The highest BCUT2D eigenvalue weighted by molar-refractivity contribution is 6.31. The van der Waals surface area contributed by atoms with Crippen LogP contribution in [0.2, 0.25) is 5.02 Å². The maximum absolute atomic E-state index is 13.3. The molecule has 32 heavy (non-hydrogen) atoms. The first-order valence-corrected chi connectivity index (χ1v) is 10.8. The first kappa shape index (κ1) is 20.3. The number of halogens is 1. The van der Waals surface area contributed by atoms with Crippen molar-refractivity contribution in [3.8, 4) is 0 Å². The zero-order valence-corrected chi connectivity index (χ0v) is 18.6. The van der Waals surface area contributed by atoms with Crippen molar-refractivity contribution in [2.24, 2.45) is 7.05 Å². The second-order valence-electron chi connectivity index (χ2n) is 8.15. The van der Waals surface area contributed by atoms with E-state index in [1.807, 2.05) is 62.5 Å². The molecule has 0 spiro atoms. The van der Waals surface area contributed by atoms with Gasteiger partial charge >= 0.3 is 0 Å². The average Bonchev–Trinajstić information content (AvgIpc) is 3.25. The Morgan fingerprint density at radius 1 is 1.03 bits per heavy atom. The summed E-state index contributed by atoms with van der Waals surface area (Å²) < 4.78 is 2.06. The fourth-order valence-corrected chi connectivity index (χ4v) is 4.67. The van der Waals surface area contributed by atoms with Gasteiger partial charge in [-0.25, -0.2) is 0 Å². The number of hydrogen-bond acceptors (Lipinski definition) is 2. The van der Waals surface area contributed by atoms with E-state index < -0.39 is 0 Å². The van der Waals surface area contributed by atoms with Gasteiger partial charge in [0.15, 0.2) is 0 Å². The zero-order valence-electron chi connectivity index (χ0n) is 17.8. The van der Waals surface area contributed by atoms with Crippen LogP contribution in [0.3, 0.4) is 0 Å². The van der Waals surface area contributed by atoms with Crippen molar-refractivity contribution in [2.45, 2.75) is 13.0 Å². The molecule has 0 radical (unpaired) electrons. The molecule has 2 heterocycles. The monoisotopic (exact) mass is 443 g/mol. The van der Waals surface area contributed by atoms with Crippen LogP contribution < -0.4 is 5.32 Å². The molecule has 0 fully saturated rings. The smallest absolute Gasteiger partial charge is 0.255 e. The van der Waals surface area contributed by atoms with Gasteiger partial charge in [-0.2, -0.15) is 0 Å². The van der Waals surface area contributed by atoms with Gasteiger partial charge in [-0.3, -0.25) is 9.59 Å². The minimum atomic E-state index is -0.336. The summed E-state index contributed by atoms with van der Waals surface area (Å²) in [5.41, 5.74) is 5.18. The van der Waals surface area contributed by atoms with E-state index in [4.69, 9.17) is 11.6 Å². The van der Waals surface area contributed by atoms with Crippen molar-refractivity contribution >= 4 is 40.0 Å². The molecule has 1 N–H and O–H groups in total. The maximum atomic E-state index is 13.3. The first-order valence-electron chi connectivity index (χ1n) is 10.4. The number of carbonyl (C=O) groups is 2. The van der Waals surface area contributed by atoms with Gasteiger partial charge in [0.05, 0.1) is 6.04 Å². The summed E-state index contributed by atoms with van der Waals surface area (Å²) in [7, 11) is 1.99. The fourth-order valence-electron chi connectivity index (χ4n) is 4.49. The average molecular weight is 444 g/mol. The zero-order chi connectivity index (χ0) is 22.4. The lowest BCUT2D eigenvalue weighted by molar-refractivity contribution is -0.117. The number of rotatable bonds is 4. The number of benzene rings is 3. The molecule has 0 bridgehead atoms. The van der Waals surface area contributed by atoms with Crippen LogP contribution in [-0.4, -0.2) is 27.8 Å². The van der Waals surface area contributed by atoms with Gasteiger partial charge in [-0.05, 0) is 42.3 Å². The number of nitrogens with zero attached hydrogens (tertiary/aromatic N) is 2. The predicted molar refractivity (Wildman–Crippen MR) is 127 cm³/mol. The van der Waals surface area contributed by atoms with Crippen molar-refractivity contribution in [1.82, 2.24) is 9.47 Å². The van der Waals surface area contributed by atoms with E-state index in [0.717, 1.165) is 27.6 Å². The molecule has 0 aliphatic carbocycles. The summed E-state index contributed by atoms with van der Waals surface area (Å²) >= 11 is 6.19. The molecule has 3 aromatic carbocycles. The second kappa shape index (κ2) is 7.84. The lowest BCUT2D eigenvalue weighted by atomic mass is 9.97. The van der Waals surface area contributed by atoms with E-state index in [2.05, 4.69) is 28.2 Å². The highest BCUT2D eigenvalue weighted by Crippen LogP contribution is 2.41. The first-order chi connectivity index (χ1) is 15.4. The summed E-state index contributed by atoms with van der Waals surface area (Å²) in [6, 6.07) is 20.7. The highest BCUT2D eigenvalue weighted by atomic mass is 35.5. The van der Waals surface area contributed by atoms with Crippen molar-refractivity contribution in [2.75, 3.05) is 11.9 Å². The Balaban J connectivity index is 1.52. The Kier molecular flexibility index (Phi) is 4.98. The van der Waals surface area contributed by atoms with Gasteiger partial charge in [-0.1, -0.05) is 54.1 Å². The van der Waals surface area contributed by atoms with Crippen LogP contribution in [0.5, 0.6) is 0 Å². The van der Waals surface area contributed by atoms with Crippen LogP contribution in [0, 0.1) is 6.92 Å². The van der Waals surface area contributed by atoms with Crippen LogP contribution in [0.1, 0.15) is 33.1 Å². The van der Waals surface area contributed by atoms with E-state index in [1.54, 1.807) is 11.0 Å². The number of anilines is 1. The van der Waals surface area contributed by atoms with Crippen LogP contribution >= 0.6 is 11.6 Å². The topological polar surface area (TPSA) is 54.3 Å². The molecule has 160 valence electrons. The van der Waals surface area contributed by atoms with Crippen molar-refractivity contribution in [3.63, 3.8) is 0 Å². The molecule has 0 saturated heterocycles. The van der Waals surface area contributed by atoms with E-state index >= 15 is 0 Å². The summed E-state index contributed by atoms with van der Waals surface area (Å²) in [6.45, 7) is 1.84. The second-order valence-corrected chi connectivity index (χ2v) is 8.55. The van der Waals surface area contributed by atoms with Gasteiger partial charge in [0.1, 0.15) is 6.54 Å². The van der Waals surface area contributed by atoms with Crippen molar-refractivity contribution in [3.05, 3.63) is 100 Å². The highest BCUT2D eigenvalue weighted by Gasteiger charge is 2.39. The number of aromatic nitrogens is 1. The molecule has 1 aliphatic heterocycles. The summed E-state index contributed by atoms with van der Waals surface area (Å²) in [5.74, 6) is -0.410. The maximum Gasteiger partial charge on any atom is 0.255 e. The minimum absolute atomic E-state index is 0.0626. The largest absolute Gasteiger partial charge is 0.350 e. The van der Waals surface area contributed by atoms with Crippen LogP contribution in [-0.2, 0) is 11.8 Å². The quantitative estimate of drug-likeness (QED) is 0.464. The molecular formula is C26H22ClN3O2. The molecule has 6 heteroatoms. The van der Waals surface area contributed by atoms with Crippen LogP contribution in [0.25, 0.3) is 10.9 Å². The molecule has 5 nitrogen and oxygen atoms in total. The third-order valence-corrected chi connectivity index (χ3v) is 6.46. The van der Waals surface area contributed by atoms with E-state index in [-0.39, 0.29) is 24.4 Å².